The molecule has 118 valence electrons. The van der Waals surface area contributed by atoms with Crippen molar-refractivity contribution < 1.29 is 4.74 Å². The van der Waals surface area contributed by atoms with Crippen molar-refractivity contribution >= 4 is 0 Å². The largest absolute Gasteiger partial charge is 0.377 e. The number of hydrogen-bond acceptors (Lipinski definition) is 4. The second-order valence-corrected chi connectivity index (χ2v) is 6.66. The van der Waals surface area contributed by atoms with Crippen LogP contribution in [0.5, 0.6) is 0 Å². The number of methoxy groups -OCH3 is 1. The Kier molecular flexibility index (Phi) is 5.73. The van der Waals surface area contributed by atoms with Gasteiger partial charge in [0.2, 0.25) is 0 Å². The van der Waals surface area contributed by atoms with Crippen molar-refractivity contribution in [3.63, 3.8) is 0 Å². The van der Waals surface area contributed by atoms with E-state index in [4.69, 9.17) is 4.74 Å². The van der Waals surface area contributed by atoms with Crippen molar-refractivity contribution in [1.29, 1.82) is 0 Å². The van der Waals surface area contributed by atoms with Gasteiger partial charge in [-0.2, -0.15) is 0 Å². The molecule has 0 spiro atoms. The van der Waals surface area contributed by atoms with Crippen molar-refractivity contribution in [2.24, 2.45) is 0 Å². The minimum Gasteiger partial charge on any atom is -0.377 e. The fraction of sp³-hybridized carbons (Fsp3) is 0.706. The van der Waals surface area contributed by atoms with Gasteiger partial charge in [-0.1, -0.05) is 19.9 Å². The van der Waals surface area contributed by atoms with Gasteiger partial charge in [0, 0.05) is 39.0 Å². The van der Waals surface area contributed by atoms with Crippen molar-refractivity contribution in [3.05, 3.63) is 29.6 Å². The van der Waals surface area contributed by atoms with Crippen LogP contribution >= 0.6 is 0 Å². The van der Waals surface area contributed by atoms with Crippen LogP contribution in [0.25, 0.3) is 0 Å². The molecule has 2 rings (SSSR count). The van der Waals surface area contributed by atoms with Crippen LogP contribution in [0.2, 0.25) is 0 Å². The summed E-state index contributed by atoms with van der Waals surface area (Å²) in [7, 11) is 1.82. The molecule has 1 fully saturated rings. The number of piperidine rings is 1. The van der Waals surface area contributed by atoms with Gasteiger partial charge in [-0.15, -0.1) is 0 Å². The Hall–Kier alpha value is -0.970. The number of nitrogens with zero attached hydrogens (tertiary/aromatic N) is 2. The molecule has 0 aromatic carbocycles. The third kappa shape index (κ3) is 5.06. The maximum atomic E-state index is 5.65. The molecule has 1 aromatic heterocycles. The smallest absolute Gasteiger partial charge is 0.0777 e. The topological polar surface area (TPSA) is 37.4 Å². The molecular formula is C17H29N3O. The van der Waals surface area contributed by atoms with Crippen molar-refractivity contribution in [1.82, 2.24) is 15.2 Å². The molecule has 1 aliphatic rings. The number of hydrogen-bond donors (Lipinski definition) is 1. The zero-order valence-electron chi connectivity index (χ0n) is 13.9. The minimum absolute atomic E-state index is 0.000620. The second-order valence-electron chi connectivity index (χ2n) is 6.66. The summed E-state index contributed by atoms with van der Waals surface area (Å²) < 4.78 is 5.65. The van der Waals surface area contributed by atoms with Crippen LogP contribution < -0.4 is 5.32 Å². The van der Waals surface area contributed by atoms with Crippen molar-refractivity contribution in [2.75, 3.05) is 20.2 Å². The molecule has 0 aliphatic carbocycles. The zero-order valence-corrected chi connectivity index (χ0v) is 13.9. The van der Waals surface area contributed by atoms with Crippen LogP contribution in [0.4, 0.5) is 0 Å². The molecule has 1 aliphatic heterocycles. The van der Waals surface area contributed by atoms with Crippen LogP contribution in [0, 0.1) is 0 Å². The highest BCUT2D eigenvalue weighted by Crippen LogP contribution is 2.24. The van der Waals surface area contributed by atoms with E-state index in [0.29, 0.717) is 6.04 Å². The molecule has 2 heterocycles. The predicted octanol–water partition coefficient (Wildman–Crippen LogP) is 2.58. The van der Waals surface area contributed by atoms with Gasteiger partial charge >= 0.3 is 0 Å². The molecule has 4 heteroatoms. The first kappa shape index (κ1) is 16.4. The van der Waals surface area contributed by atoms with E-state index < -0.39 is 0 Å². The van der Waals surface area contributed by atoms with Gasteiger partial charge in [0.15, 0.2) is 0 Å². The monoisotopic (exact) mass is 291 g/mol. The molecule has 4 nitrogen and oxygen atoms in total. The molecule has 0 bridgehead atoms. The summed E-state index contributed by atoms with van der Waals surface area (Å²) >= 11 is 0. The summed E-state index contributed by atoms with van der Waals surface area (Å²) in [6, 6.07) is 4.83. The molecule has 1 aromatic rings. The van der Waals surface area contributed by atoms with E-state index in [1.54, 1.807) is 0 Å². The van der Waals surface area contributed by atoms with Gasteiger partial charge in [-0.05, 0) is 37.9 Å². The van der Waals surface area contributed by atoms with Gasteiger partial charge in [0.1, 0.15) is 0 Å². The van der Waals surface area contributed by atoms with E-state index in [2.05, 4.69) is 48.1 Å². The van der Waals surface area contributed by atoms with Crippen LogP contribution in [0.15, 0.2) is 18.3 Å². The fourth-order valence-electron chi connectivity index (χ4n) is 2.81. The average Bonchev–Trinajstić information content (AvgIpc) is 2.47. The SMILES string of the molecule is COC1(C)CCCN(Cc2ccc(CNC(C)C)cn2)C1. The fourth-order valence-corrected chi connectivity index (χ4v) is 2.81. The van der Waals surface area contributed by atoms with E-state index in [-0.39, 0.29) is 5.60 Å². The van der Waals surface area contributed by atoms with Gasteiger partial charge in [-0.25, -0.2) is 0 Å². The molecular weight excluding hydrogens is 262 g/mol. The molecule has 1 atom stereocenters. The van der Waals surface area contributed by atoms with Gasteiger partial charge < -0.3 is 10.1 Å². The Labute approximate surface area is 128 Å². The number of ether oxygens (including phenoxy) is 1. The first-order valence-electron chi connectivity index (χ1n) is 7.95. The van der Waals surface area contributed by atoms with Crippen LogP contribution in [0.1, 0.15) is 44.9 Å². The maximum absolute atomic E-state index is 5.65. The molecule has 0 amide bonds. The molecule has 1 unspecified atom stereocenters. The van der Waals surface area contributed by atoms with Gasteiger partial charge in [-0.3, -0.25) is 9.88 Å². The number of nitrogens with one attached hydrogen (secondary N) is 1. The third-order valence-electron chi connectivity index (χ3n) is 4.22. The molecule has 0 radical (unpaired) electrons. The Balaban J connectivity index is 1.88. The van der Waals surface area contributed by atoms with E-state index in [0.717, 1.165) is 38.3 Å². The van der Waals surface area contributed by atoms with E-state index >= 15 is 0 Å². The number of likely N-dealkylation sites (tertiary alicyclic amines) is 1. The molecule has 1 saturated heterocycles. The normalized spacial score (nSPS) is 23.7. The lowest BCUT2D eigenvalue weighted by atomic mass is 9.94. The van der Waals surface area contributed by atoms with Crippen LogP contribution in [-0.4, -0.2) is 41.7 Å². The summed E-state index contributed by atoms with van der Waals surface area (Å²) in [5, 5.41) is 3.41. The Morgan fingerprint density at radius 2 is 2.24 bits per heavy atom. The lowest BCUT2D eigenvalue weighted by Crippen LogP contribution is -2.46. The lowest BCUT2D eigenvalue weighted by molar-refractivity contribution is -0.0529. The van der Waals surface area contributed by atoms with Crippen molar-refractivity contribution in [3.8, 4) is 0 Å². The summed E-state index contributed by atoms with van der Waals surface area (Å²) in [4.78, 5) is 7.05. The third-order valence-corrected chi connectivity index (χ3v) is 4.22. The van der Waals surface area contributed by atoms with Crippen LogP contribution in [-0.2, 0) is 17.8 Å². The first-order valence-corrected chi connectivity index (χ1v) is 7.95. The molecule has 1 N–H and O–H groups in total. The summed E-state index contributed by atoms with van der Waals surface area (Å²) in [5.74, 6) is 0. The van der Waals surface area contributed by atoms with Crippen molar-refractivity contribution in [2.45, 2.75) is 58.3 Å². The minimum atomic E-state index is -0.000620. The molecule has 0 saturated carbocycles. The highest BCUT2D eigenvalue weighted by atomic mass is 16.5. The van der Waals surface area contributed by atoms with E-state index in [1.807, 2.05) is 13.3 Å². The van der Waals surface area contributed by atoms with Gasteiger partial charge in [0.25, 0.3) is 0 Å². The summed E-state index contributed by atoms with van der Waals surface area (Å²) in [5.41, 5.74) is 2.39. The maximum Gasteiger partial charge on any atom is 0.0777 e. The molecule has 21 heavy (non-hydrogen) atoms. The summed E-state index contributed by atoms with van der Waals surface area (Å²) in [6.45, 7) is 10.4. The van der Waals surface area contributed by atoms with E-state index in [9.17, 15) is 0 Å². The number of rotatable bonds is 6. The average molecular weight is 291 g/mol. The standard InChI is InChI=1S/C17H29N3O/c1-14(2)18-10-15-6-7-16(19-11-15)12-20-9-5-8-17(3,13-20)21-4/h6-7,11,14,18H,5,8-10,12-13H2,1-4H3. The van der Waals surface area contributed by atoms with Gasteiger partial charge in [0.05, 0.1) is 11.3 Å². The highest BCUT2D eigenvalue weighted by molar-refractivity contribution is 5.14. The Bertz CT molecular complexity index is 432. The predicted molar refractivity (Wildman–Crippen MR) is 86.1 cm³/mol. The van der Waals surface area contributed by atoms with E-state index in [1.165, 1.54) is 12.0 Å². The summed E-state index contributed by atoms with van der Waals surface area (Å²) in [6.07, 6.45) is 4.33. The van der Waals surface area contributed by atoms with Crippen LogP contribution in [0.3, 0.4) is 0 Å². The zero-order chi connectivity index (χ0) is 15.3. The first-order chi connectivity index (χ1) is 10.0. The number of pyridine rings is 1. The number of aromatic nitrogens is 1. The second kappa shape index (κ2) is 7.34. The lowest BCUT2D eigenvalue weighted by Gasteiger charge is -2.39. The quantitative estimate of drug-likeness (QED) is 0.874. The highest BCUT2D eigenvalue weighted by Gasteiger charge is 2.30. The Morgan fingerprint density at radius 1 is 1.43 bits per heavy atom. The Morgan fingerprint density at radius 3 is 2.86 bits per heavy atom.